The maximum Gasteiger partial charge on any atom is 0.232 e. The van der Waals surface area contributed by atoms with Crippen LogP contribution in [0.25, 0.3) is 11.4 Å². The molecule has 2 rings (SSSR count). The van der Waals surface area contributed by atoms with Gasteiger partial charge >= 0.3 is 0 Å². The van der Waals surface area contributed by atoms with Gasteiger partial charge in [0.05, 0.1) is 12.8 Å². The molecule has 2 aromatic rings. The maximum absolute atomic E-state index is 7.55. The van der Waals surface area contributed by atoms with Crippen LogP contribution >= 0.6 is 0 Å². The van der Waals surface area contributed by atoms with Gasteiger partial charge in [-0.3, -0.25) is 5.41 Å². The Morgan fingerprint density at radius 3 is 2.88 bits per heavy atom. The van der Waals surface area contributed by atoms with Gasteiger partial charge in [-0.1, -0.05) is 18.1 Å². The molecule has 17 heavy (non-hydrogen) atoms. The Balaban J connectivity index is 2.35. The van der Waals surface area contributed by atoms with Crippen molar-refractivity contribution in [1.82, 2.24) is 10.1 Å². The highest BCUT2D eigenvalue weighted by molar-refractivity contribution is 5.89. The number of aromatic nitrogens is 2. The molecule has 88 valence electrons. The van der Waals surface area contributed by atoms with Crippen LogP contribution in [0.1, 0.15) is 18.4 Å². The average Bonchev–Trinajstić information content (AvgIpc) is 2.86. The number of ether oxygens (including phenoxy) is 1. The second-order valence-electron chi connectivity index (χ2n) is 3.47. The summed E-state index contributed by atoms with van der Waals surface area (Å²) in [6, 6.07) is 7.20. The molecule has 5 heteroatoms. The summed E-state index contributed by atoms with van der Waals surface area (Å²) in [5.74, 6) is 0.847. The van der Waals surface area contributed by atoms with Gasteiger partial charge in [-0.2, -0.15) is 0 Å². The number of aryl methyl sites for hydroxylation is 1. The van der Waals surface area contributed by atoms with Crippen molar-refractivity contribution in [2.24, 2.45) is 0 Å². The summed E-state index contributed by atoms with van der Waals surface area (Å²) in [6.45, 7) is 1.99. The molecular formula is C12H13N3O2. The number of nitrogens with zero attached hydrogens (tertiary/aromatic N) is 2. The lowest BCUT2D eigenvalue weighted by molar-refractivity contribution is 0.388. The van der Waals surface area contributed by atoms with Gasteiger partial charge in [0.25, 0.3) is 0 Å². The number of hydrogen-bond acceptors (Lipinski definition) is 5. The van der Waals surface area contributed by atoms with Crippen LogP contribution in [0.15, 0.2) is 28.8 Å². The molecule has 0 aliphatic heterocycles. The molecule has 0 radical (unpaired) electrons. The molecule has 0 aliphatic carbocycles. The fraction of sp³-hybridized carbons (Fsp3) is 0.250. The van der Waals surface area contributed by atoms with E-state index in [1.54, 1.807) is 6.07 Å². The zero-order valence-corrected chi connectivity index (χ0v) is 9.73. The van der Waals surface area contributed by atoms with E-state index >= 15 is 0 Å². The predicted molar refractivity (Wildman–Crippen MR) is 62.9 cm³/mol. The van der Waals surface area contributed by atoms with E-state index in [0.717, 1.165) is 12.2 Å². The topological polar surface area (TPSA) is 72.0 Å². The van der Waals surface area contributed by atoms with E-state index in [0.29, 0.717) is 17.1 Å². The molecule has 0 amide bonds. The van der Waals surface area contributed by atoms with E-state index in [9.17, 15) is 0 Å². The molecule has 0 spiro atoms. The molecule has 0 atom stereocenters. The van der Waals surface area contributed by atoms with Crippen molar-refractivity contribution in [2.45, 2.75) is 13.3 Å². The molecule has 0 saturated carbocycles. The largest absolute Gasteiger partial charge is 0.480 e. The average molecular weight is 231 g/mol. The van der Waals surface area contributed by atoms with E-state index in [4.69, 9.17) is 14.7 Å². The molecule has 0 bridgehead atoms. The number of hydrogen-bond donors (Lipinski definition) is 1. The SMILES string of the molecule is CCc1cc(-c2cccc(C(=N)OC)n2)no1. The van der Waals surface area contributed by atoms with Gasteiger partial charge in [-0.15, -0.1) is 0 Å². The Morgan fingerprint density at radius 1 is 1.41 bits per heavy atom. The molecule has 5 nitrogen and oxygen atoms in total. The van der Waals surface area contributed by atoms with Crippen LogP contribution < -0.4 is 0 Å². The Morgan fingerprint density at radius 2 is 2.24 bits per heavy atom. The molecule has 2 heterocycles. The first kappa shape index (κ1) is 11.3. The van der Waals surface area contributed by atoms with Crippen molar-refractivity contribution in [3.05, 3.63) is 35.7 Å². The fourth-order valence-corrected chi connectivity index (χ4v) is 1.41. The minimum Gasteiger partial charge on any atom is -0.480 e. The lowest BCUT2D eigenvalue weighted by Gasteiger charge is -2.02. The number of methoxy groups -OCH3 is 1. The zero-order valence-electron chi connectivity index (χ0n) is 9.73. The van der Waals surface area contributed by atoms with Gasteiger partial charge in [-0.05, 0) is 12.1 Å². The van der Waals surface area contributed by atoms with Crippen molar-refractivity contribution >= 4 is 5.90 Å². The van der Waals surface area contributed by atoms with Crippen molar-refractivity contribution in [1.29, 1.82) is 5.41 Å². The fourth-order valence-electron chi connectivity index (χ4n) is 1.41. The summed E-state index contributed by atoms with van der Waals surface area (Å²) < 4.78 is 9.95. The lowest BCUT2D eigenvalue weighted by Crippen LogP contribution is -2.04. The second kappa shape index (κ2) is 4.78. The Labute approximate surface area is 98.9 Å². The first-order chi connectivity index (χ1) is 8.24. The summed E-state index contributed by atoms with van der Waals surface area (Å²) >= 11 is 0. The van der Waals surface area contributed by atoms with Crippen LogP contribution in [0.4, 0.5) is 0 Å². The van der Waals surface area contributed by atoms with Crippen LogP contribution in [-0.2, 0) is 11.2 Å². The number of rotatable bonds is 3. The van der Waals surface area contributed by atoms with Crippen LogP contribution in [0.5, 0.6) is 0 Å². The summed E-state index contributed by atoms with van der Waals surface area (Å²) in [6.07, 6.45) is 0.792. The highest BCUT2D eigenvalue weighted by Gasteiger charge is 2.09. The van der Waals surface area contributed by atoms with Crippen LogP contribution in [0.3, 0.4) is 0 Å². The van der Waals surface area contributed by atoms with Gasteiger partial charge in [0, 0.05) is 12.5 Å². The van der Waals surface area contributed by atoms with Crippen LogP contribution in [0.2, 0.25) is 0 Å². The first-order valence-corrected chi connectivity index (χ1v) is 5.30. The van der Waals surface area contributed by atoms with E-state index in [2.05, 4.69) is 10.1 Å². The Kier molecular flexibility index (Phi) is 3.18. The van der Waals surface area contributed by atoms with E-state index in [-0.39, 0.29) is 5.90 Å². The minimum atomic E-state index is 0.0334. The third-order valence-corrected chi connectivity index (χ3v) is 2.36. The monoisotopic (exact) mass is 231 g/mol. The number of pyridine rings is 1. The predicted octanol–water partition coefficient (Wildman–Crippen LogP) is 2.27. The highest BCUT2D eigenvalue weighted by Crippen LogP contribution is 2.17. The summed E-state index contributed by atoms with van der Waals surface area (Å²) in [5, 5.41) is 11.5. The smallest absolute Gasteiger partial charge is 0.232 e. The molecule has 0 aliphatic rings. The van der Waals surface area contributed by atoms with E-state index < -0.39 is 0 Å². The molecule has 1 N–H and O–H groups in total. The van der Waals surface area contributed by atoms with Crippen molar-refractivity contribution in [3.8, 4) is 11.4 Å². The minimum absolute atomic E-state index is 0.0334. The van der Waals surface area contributed by atoms with Gasteiger partial charge in [0.1, 0.15) is 17.1 Å². The standard InChI is InChI=1S/C12H13N3O2/c1-3-8-7-11(15-17-8)9-5-4-6-10(14-9)12(13)16-2/h4-7,13H,3H2,1-2H3. The normalized spacial score (nSPS) is 10.2. The summed E-state index contributed by atoms with van der Waals surface area (Å²) in [5.41, 5.74) is 1.83. The van der Waals surface area contributed by atoms with Gasteiger partial charge in [0.15, 0.2) is 0 Å². The Bertz CT molecular complexity index is 534. The third kappa shape index (κ3) is 2.33. The molecular weight excluding hydrogens is 218 g/mol. The van der Waals surface area contributed by atoms with Crippen molar-refractivity contribution in [2.75, 3.05) is 7.11 Å². The highest BCUT2D eigenvalue weighted by atomic mass is 16.5. The summed E-state index contributed by atoms with van der Waals surface area (Å²) in [7, 11) is 1.45. The Hall–Kier alpha value is -2.17. The zero-order chi connectivity index (χ0) is 12.3. The molecule has 2 aromatic heterocycles. The van der Waals surface area contributed by atoms with E-state index in [1.807, 2.05) is 25.1 Å². The maximum atomic E-state index is 7.55. The quantitative estimate of drug-likeness (QED) is 0.649. The summed E-state index contributed by atoms with van der Waals surface area (Å²) in [4.78, 5) is 4.29. The van der Waals surface area contributed by atoms with E-state index in [1.165, 1.54) is 7.11 Å². The van der Waals surface area contributed by atoms with Gasteiger partial charge in [0.2, 0.25) is 5.90 Å². The van der Waals surface area contributed by atoms with Crippen LogP contribution in [0, 0.1) is 5.41 Å². The first-order valence-electron chi connectivity index (χ1n) is 5.30. The molecule has 0 saturated heterocycles. The van der Waals surface area contributed by atoms with Crippen LogP contribution in [-0.4, -0.2) is 23.1 Å². The molecule has 0 unspecified atom stereocenters. The molecule has 0 aromatic carbocycles. The van der Waals surface area contributed by atoms with Crippen molar-refractivity contribution in [3.63, 3.8) is 0 Å². The molecule has 0 fully saturated rings. The second-order valence-corrected chi connectivity index (χ2v) is 3.47. The van der Waals surface area contributed by atoms with Gasteiger partial charge < -0.3 is 9.26 Å². The number of nitrogens with one attached hydrogen (secondary N) is 1. The lowest BCUT2D eigenvalue weighted by atomic mass is 10.2. The van der Waals surface area contributed by atoms with Gasteiger partial charge in [-0.25, -0.2) is 4.98 Å². The van der Waals surface area contributed by atoms with Crippen molar-refractivity contribution < 1.29 is 9.26 Å². The third-order valence-electron chi connectivity index (χ3n) is 2.36.